The standard InChI is InChI=1S/C26H43N9O14/c1-11(2)21(27)25(48)34-13(4-19(42)43)23(46)30-5-15(38)28-7-17(40)33-14(10-36)24(47)31-6-16(39)29-8-18(41)35-22(12(3)37)26(49)32-9-20(44)45/h11-14,21-22,36-37H,4-10,27H2,1-3H3,(H,28,38)(H,29,39)(H,30,46)(H,31,47)(H,32,49)(H,33,40)(H,34,48)(H,35,41)(H,42,43)(H,44,45)/t12-,13+,14+,21+,22+/m1/s1. The van der Waals surface area contributed by atoms with E-state index in [1.54, 1.807) is 13.8 Å². The SMILES string of the molecule is CC(C)[C@H](N)C(=O)N[C@@H](CC(=O)O)C(=O)NCC(=O)NCC(=O)N[C@@H](CO)C(=O)NCC(=O)NCC(=O)N[C@H](C(=O)NCC(=O)O)[C@@H](C)O. The first-order valence-corrected chi connectivity index (χ1v) is 14.5. The van der Waals surface area contributed by atoms with Gasteiger partial charge in [0.15, 0.2) is 0 Å². The predicted octanol–water partition coefficient (Wildman–Crippen LogP) is -8.06. The number of carboxylic acids is 2. The van der Waals surface area contributed by atoms with E-state index in [0.717, 1.165) is 6.92 Å². The molecule has 0 spiro atoms. The molecule has 0 rings (SSSR count). The molecule has 0 aromatic rings. The fourth-order valence-electron chi connectivity index (χ4n) is 3.36. The number of aliphatic hydroxyl groups excluding tert-OH is 2. The van der Waals surface area contributed by atoms with Crippen molar-refractivity contribution >= 4 is 59.2 Å². The lowest BCUT2D eigenvalue weighted by Crippen LogP contribution is -2.55. The van der Waals surface area contributed by atoms with Crippen LogP contribution in [0.1, 0.15) is 27.2 Å². The molecule has 0 bridgehead atoms. The highest BCUT2D eigenvalue weighted by molar-refractivity contribution is 5.96. The average molecular weight is 706 g/mol. The van der Waals surface area contributed by atoms with Crippen LogP contribution in [0.15, 0.2) is 0 Å². The molecule has 23 nitrogen and oxygen atoms in total. The zero-order chi connectivity index (χ0) is 37.8. The summed E-state index contributed by atoms with van der Waals surface area (Å²) in [5, 5.41) is 53.5. The van der Waals surface area contributed by atoms with E-state index in [2.05, 4.69) is 37.2 Å². The number of carboxylic acid groups (broad SMARTS) is 2. The molecular weight excluding hydrogens is 662 g/mol. The zero-order valence-corrected chi connectivity index (χ0v) is 26.9. The van der Waals surface area contributed by atoms with Gasteiger partial charge in [-0.25, -0.2) is 0 Å². The van der Waals surface area contributed by atoms with Crippen LogP contribution < -0.4 is 48.3 Å². The number of carbonyl (C=O) groups is 10. The Labute approximate surface area is 278 Å². The van der Waals surface area contributed by atoms with Gasteiger partial charge in [-0.2, -0.15) is 0 Å². The van der Waals surface area contributed by atoms with E-state index >= 15 is 0 Å². The van der Waals surface area contributed by atoms with Gasteiger partial charge in [0.2, 0.25) is 47.3 Å². The molecule has 0 unspecified atom stereocenters. The molecule has 0 fully saturated rings. The van der Waals surface area contributed by atoms with Crippen molar-refractivity contribution in [2.24, 2.45) is 11.7 Å². The molecule has 0 aromatic heterocycles. The third-order valence-corrected chi connectivity index (χ3v) is 6.10. The number of aliphatic carboxylic acids is 2. The van der Waals surface area contributed by atoms with Crippen LogP contribution in [-0.2, 0) is 47.9 Å². The second-order valence-corrected chi connectivity index (χ2v) is 10.6. The zero-order valence-electron chi connectivity index (χ0n) is 26.9. The Morgan fingerprint density at radius 1 is 0.551 bits per heavy atom. The van der Waals surface area contributed by atoms with Crippen molar-refractivity contribution in [3.63, 3.8) is 0 Å². The molecule has 23 heteroatoms. The summed E-state index contributed by atoms with van der Waals surface area (Å²) in [6.45, 7) is -0.212. The first-order valence-electron chi connectivity index (χ1n) is 14.5. The number of amides is 8. The molecule has 0 saturated carbocycles. The predicted molar refractivity (Wildman–Crippen MR) is 162 cm³/mol. The first kappa shape index (κ1) is 43.6. The molecule has 0 aromatic carbocycles. The molecule has 0 heterocycles. The van der Waals surface area contributed by atoms with Crippen LogP contribution in [0, 0.1) is 5.92 Å². The maximum Gasteiger partial charge on any atom is 0.322 e. The minimum absolute atomic E-state index is 0.318. The van der Waals surface area contributed by atoms with Gasteiger partial charge in [0.1, 0.15) is 24.7 Å². The minimum atomic E-state index is -1.59. The molecular formula is C26H43N9O14. The highest BCUT2D eigenvalue weighted by Crippen LogP contribution is 2.01. The van der Waals surface area contributed by atoms with Crippen molar-refractivity contribution in [3.8, 4) is 0 Å². The van der Waals surface area contributed by atoms with Crippen molar-refractivity contribution in [2.45, 2.75) is 57.5 Å². The largest absolute Gasteiger partial charge is 0.481 e. The van der Waals surface area contributed by atoms with E-state index < -0.39 is 135 Å². The van der Waals surface area contributed by atoms with E-state index in [1.807, 2.05) is 5.32 Å². The molecule has 276 valence electrons. The fraction of sp³-hybridized carbons (Fsp3) is 0.615. The average Bonchev–Trinajstić information content (AvgIpc) is 3.02. The number of aliphatic hydroxyl groups is 2. The molecule has 14 N–H and O–H groups in total. The molecule has 49 heavy (non-hydrogen) atoms. The van der Waals surface area contributed by atoms with Gasteiger partial charge in [0.05, 0.1) is 51.4 Å². The Morgan fingerprint density at radius 3 is 1.43 bits per heavy atom. The monoisotopic (exact) mass is 705 g/mol. The summed E-state index contributed by atoms with van der Waals surface area (Å²) >= 11 is 0. The lowest BCUT2D eigenvalue weighted by molar-refractivity contribution is -0.141. The van der Waals surface area contributed by atoms with Crippen LogP contribution in [0.4, 0.5) is 0 Å². The van der Waals surface area contributed by atoms with Gasteiger partial charge in [-0.05, 0) is 12.8 Å². The number of hydrogen-bond donors (Lipinski definition) is 13. The summed E-state index contributed by atoms with van der Waals surface area (Å²) in [4.78, 5) is 119. The van der Waals surface area contributed by atoms with Crippen molar-refractivity contribution in [3.05, 3.63) is 0 Å². The van der Waals surface area contributed by atoms with Gasteiger partial charge in [-0.1, -0.05) is 13.8 Å². The van der Waals surface area contributed by atoms with Crippen molar-refractivity contribution in [1.29, 1.82) is 0 Å². The Balaban J connectivity index is 4.72. The number of carbonyl (C=O) groups excluding carboxylic acids is 8. The van der Waals surface area contributed by atoms with Crippen molar-refractivity contribution in [1.82, 2.24) is 42.5 Å². The molecule has 5 atom stereocenters. The van der Waals surface area contributed by atoms with Crippen LogP contribution >= 0.6 is 0 Å². The van der Waals surface area contributed by atoms with Crippen LogP contribution in [-0.4, -0.2) is 149 Å². The second-order valence-electron chi connectivity index (χ2n) is 10.6. The Morgan fingerprint density at radius 2 is 1.00 bits per heavy atom. The van der Waals surface area contributed by atoms with Gasteiger partial charge in [0.25, 0.3) is 0 Å². The first-order chi connectivity index (χ1) is 22.8. The summed E-state index contributed by atoms with van der Waals surface area (Å²) in [6.07, 6.45) is -2.23. The van der Waals surface area contributed by atoms with Crippen LogP contribution in [0.3, 0.4) is 0 Å². The quantitative estimate of drug-likeness (QED) is 0.0497. The summed E-state index contributed by atoms with van der Waals surface area (Å²) in [7, 11) is 0. The normalized spacial score (nSPS) is 13.6. The van der Waals surface area contributed by atoms with E-state index in [-0.39, 0.29) is 5.92 Å². The van der Waals surface area contributed by atoms with Crippen molar-refractivity contribution in [2.75, 3.05) is 39.3 Å². The Hall–Kier alpha value is -5.42. The Bertz CT molecular complexity index is 1240. The topological polar surface area (TPSA) is 374 Å². The molecule has 8 amide bonds. The molecule has 0 radical (unpaired) electrons. The molecule has 0 saturated heterocycles. The maximum absolute atomic E-state index is 12.4. The summed E-state index contributed by atoms with van der Waals surface area (Å²) in [5.74, 6) is -10.7. The third kappa shape index (κ3) is 18.5. The van der Waals surface area contributed by atoms with Crippen LogP contribution in [0.2, 0.25) is 0 Å². The van der Waals surface area contributed by atoms with Gasteiger partial charge in [0, 0.05) is 0 Å². The van der Waals surface area contributed by atoms with E-state index in [0.29, 0.717) is 0 Å². The number of nitrogens with one attached hydrogen (secondary N) is 8. The summed E-state index contributed by atoms with van der Waals surface area (Å²) in [5.41, 5.74) is 5.69. The highest BCUT2D eigenvalue weighted by Gasteiger charge is 2.28. The maximum atomic E-state index is 12.4. The minimum Gasteiger partial charge on any atom is -0.481 e. The van der Waals surface area contributed by atoms with Gasteiger partial charge >= 0.3 is 11.9 Å². The molecule has 0 aliphatic carbocycles. The lowest BCUT2D eigenvalue weighted by atomic mass is 10.0. The smallest absolute Gasteiger partial charge is 0.322 e. The summed E-state index contributed by atoms with van der Waals surface area (Å²) in [6, 6.07) is -5.71. The van der Waals surface area contributed by atoms with E-state index in [1.165, 1.54) is 0 Å². The van der Waals surface area contributed by atoms with Crippen molar-refractivity contribution < 1.29 is 68.4 Å². The van der Waals surface area contributed by atoms with Gasteiger partial charge in [-0.3, -0.25) is 47.9 Å². The number of rotatable bonds is 22. The second kappa shape index (κ2) is 22.2. The van der Waals surface area contributed by atoms with Crippen LogP contribution in [0.25, 0.3) is 0 Å². The molecule has 0 aliphatic rings. The van der Waals surface area contributed by atoms with E-state index in [9.17, 15) is 58.2 Å². The Kier molecular flexibility index (Phi) is 19.7. The third-order valence-electron chi connectivity index (χ3n) is 6.10. The highest BCUT2D eigenvalue weighted by atomic mass is 16.4. The molecule has 0 aliphatic heterocycles. The van der Waals surface area contributed by atoms with Crippen LogP contribution in [0.5, 0.6) is 0 Å². The lowest BCUT2D eigenvalue weighted by Gasteiger charge is -2.21. The van der Waals surface area contributed by atoms with E-state index in [4.69, 9.17) is 15.9 Å². The number of nitrogens with two attached hydrogens (primary N) is 1. The number of hydrogen-bond acceptors (Lipinski definition) is 13. The van der Waals surface area contributed by atoms with Gasteiger partial charge < -0.3 is 68.7 Å². The van der Waals surface area contributed by atoms with Gasteiger partial charge in [-0.15, -0.1) is 0 Å². The fourth-order valence-corrected chi connectivity index (χ4v) is 3.36. The summed E-state index contributed by atoms with van der Waals surface area (Å²) < 4.78 is 0.